The monoisotopic (exact) mass is 395 g/mol. The second-order valence-electron chi connectivity index (χ2n) is 6.44. The van der Waals surface area contributed by atoms with Gasteiger partial charge >= 0.3 is 5.97 Å². The van der Waals surface area contributed by atoms with Gasteiger partial charge in [0.1, 0.15) is 6.33 Å². The highest BCUT2D eigenvalue weighted by Gasteiger charge is 2.21. The van der Waals surface area contributed by atoms with Gasteiger partial charge in [-0.25, -0.2) is 14.3 Å². The lowest BCUT2D eigenvalue weighted by molar-refractivity contribution is -0.128. The number of nitrogens with zero attached hydrogens (tertiary/aromatic N) is 4. The molecule has 0 fully saturated rings. The van der Waals surface area contributed by atoms with Gasteiger partial charge < -0.3 is 10.1 Å². The van der Waals surface area contributed by atoms with Gasteiger partial charge in [0.15, 0.2) is 12.4 Å². The zero-order valence-corrected chi connectivity index (χ0v) is 16.2. The van der Waals surface area contributed by atoms with Crippen molar-refractivity contribution in [3.63, 3.8) is 0 Å². The molecule has 0 radical (unpaired) electrons. The van der Waals surface area contributed by atoms with Crippen LogP contribution in [0.4, 0.5) is 0 Å². The lowest BCUT2D eigenvalue weighted by Gasteiger charge is -2.16. The number of fused-ring (bicyclic) bond motifs is 1. The molecule has 1 atom stereocenters. The van der Waals surface area contributed by atoms with E-state index in [1.807, 2.05) is 37.3 Å². The van der Waals surface area contributed by atoms with Gasteiger partial charge in [-0.15, -0.1) is 0 Å². The maximum Gasteiger partial charge on any atom is 0.342 e. The second kappa shape index (κ2) is 9.05. The number of nitrogens with one attached hydrogen (secondary N) is 1. The van der Waals surface area contributed by atoms with Crippen LogP contribution in [0.1, 0.15) is 35.5 Å². The minimum Gasteiger partial charge on any atom is -0.452 e. The summed E-state index contributed by atoms with van der Waals surface area (Å²) in [5, 5.41) is 6.66. The number of ether oxygens (including phenoxy) is 1. The number of rotatable bonds is 8. The van der Waals surface area contributed by atoms with Gasteiger partial charge in [0.05, 0.1) is 17.3 Å². The number of ketones is 1. The van der Waals surface area contributed by atoms with E-state index < -0.39 is 24.5 Å². The van der Waals surface area contributed by atoms with Crippen LogP contribution in [-0.2, 0) is 27.2 Å². The predicted molar refractivity (Wildman–Crippen MR) is 103 cm³/mol. The number of aryl methyl sites for hydroxylation is 1. The third kappa shape index (κ3) is 4.81. The number of aromatic nitrogens is 4. The van der Waals surface area contributed by atoms with Gasteiger partial charge in [0.2, 0.25) is 0 Å². The first-order valence-electron chi connectivity index (χ1n) is 9.18. The highest BCUT2D eigenvalue weighted by atomic mass is 16.5. The van der Waals surface area contributed by atoms with Crippen LogP contribution >= 0.6 is 0 Å². The fraction of sp³-hybridized carbons (Fsp3) is 0.300. The third-order valence-electron chi connectivity index (χ3n) is 4.40. The van der Waals surface area contributed by atoms with E-state index in [1.54, 1.807) is 0 Å². The lowest BCUT2D eigenvalue weighted by Crippen LogP contribution is -2.43. The van der Waals surface area contributed by atoms with Crippen LogP contribution in [0.2, 0.25) is 0 Å². The van der Waals surface area contributed by atoms with E-state index >= 15 is 0 Å². The molecule has 29 heavy (non-hydrogen) atoms. The Morgan fingerprint density at radius 3 is 2.62 bits per heavy atom. The van der Waals surface area contributed by atoms with E-state index in [2.05, 4.69) is 20.4 Å². The van der Waals surface area contributed by atoms with E-state index in [0.29, 0.717) is 24.3 Å². The second-order valence-corrected chi connectivity index (χ2v) is 6.44. The molecule has 0 aliphatic carbocycles. The standard InChI is InChI=1S/C20H21N5O4/c1-3-17-15(10-21-20-22-12-23-25(17)20)19(28)29-11-18(27)24-16(13(2)26)9-14-7-5-4-6-8-14/h4-8,10,12,16H,3,9,11H2,1-2H3,(H,24,27). The van der Waals surface area contributed by atoms with Crippen LogP contribution in [0, 0.1) is 0 Å². The average Bonchev–Trinajstić information content (AvgIpc) is 3.20. The minimum absolute atomic E-state index is 0.178. The Hall–Kier alpha value is -3.62. The largest absolute Gasteiger partial charge is 0.452 e. The van der Waals surface area contributed by atoms with Crippen molar-refractivity contribution in [2.24, 2.45) is 0 Å². The smallest absolute Gasteiger partial charge is 0.342 e. The maximum absolute atomic E-state index is 12.4. The Kier molecular flexibility index (Phi) is 6.28. The van der Waals surface area contributed by atoms with E-state index in [0.717, 1.165) is 5.56 Å². The number of hydrogen-bond acceptors (Lipinski definition) is 7. The first kappa shape index (κ1) is 20.1. The molecule has 2 heterocycles. The zero-order chi connectivity index (χ0) is 20.8. The molecule has 0 aliphatic rings. The number of Topliss-reactive ketones (excluding diaryl/α,β-unsaturated/α-hetero) is 1. The lowest BCUT2D eigenvalue weighted by atomic mass is 10.0. The molecule has 150 valence electrons. The average molecular weight is 395 g/mol. The van der Waals surface area contributed by atoms with E-state index in [9.17, 15) is 14.4 Å². The van der Waals surface area contributed by atoms with Gasteiger partial charge in [-0.1, -0.05) is 37.3 Å². The molecule has 2 aromatic heterocycles. The molecule has 0 saturated carbocycles. The summed E-state index contributed by atoms with van der Waals surface area (Å²) in [6.07, 6.45) is 3.57. The summed E-state index contributed by atoms with van der Waals surface area (Å²) < 4.78 is 6.59. The van der Waals surface area contributed by atoms with Crippen molar-refractivity contribution >= 4 is 23.4 Å². The molecule has 1 aromatic carbocycles. The maximum atomic E-state index is 12.4. The summed E-state index contributed by atoms with van der Waals surface area (Å²) in [5.74, 6) is -1.05. The Labute approximate surface area is 167 Å². The van der Waals surface area contributed by atoms with Gasteiger partial charge in [0.25, 0.3) is 11.7 Å². The summed E-state index contributed by atoms with van der Waals surface area (Å²) >= 11 is 0. The SMILES string of the molecule is CCc1c(C(=O)OCC(=O)NC(Cc2ccccc2)C(C)=O)cnc2ncnn12. The molecule has 0 saturated heterocycles. The van der Waals surface area contributed by atoms with Crippen molar-refractivity contribution in [2.75, 3.05) is 6.61 Å². The molecule has 3 rings (SSSR count). The van der Waals surface area contributed by atoms with Crippen molar-refractivity contribution in [2.45, 2.75) is 32.7 Å². The molecule has 3 aromatic rings. The topological polar surface area (TPSA) is 116 Å². The van der Waals surface area contributed by atoms with Gasteiger partial charge in [-0.3, -0.25) is 9.59 Å². The number of benzene rings is 1. The summed E-state index contributed by atoms with van der Waals surface area (Å²) in [5.41, 5.74) is 1.72. The summed E-state index contributed by atoms with van der Waals surface area (Å²) in [4.78, 5) is 44.6. The minimum atomic E-state index is -0.692. The van der Waals surface area contributed by atoms with Crippen molar-refractivity contribution in [1.82, 2.24) is 24.9 Å². The van der Waals surface area contributed by atoms with Crippen LogP contribution in [-0.4, -0.2) is 49.9 Å². The van der Waals surface area contributed by atoms with Crippen LogP contribution < -0.4 is 5.32 Å². The number of carbonyl (C=O) groups is 3. The normalized spacial score (nSPS) is 11.8. The molecule has 0 aliphatic heterocycles. The first-order valence-corrected chi connectivity index (χ1v) is 9.18. The molecule has 9 nitrogen and oxygen atoms in total. The predicted octanol–water partition coefficient (Wildman–Crippen LogP) is 1.16. The number of amides is 1. The van der Waals surface area contributed by atoms with Gasteiger partial charge in [0, 0.05) is 6.20 Å². The molecule has 0 bridgehead atoms. The Morgan fingerprint density at radius 1 is 1.17 bits per heavy atom. The molecule has 1 amide bonds. The van der Waals surface area contributed by atoms with Crippen LogP contribution in [0.15, 0.2) is 42.9 Å². The Morgan fingerprint density at radius 2 is 1.93 bits per heavy atom. The highest BCUT2D eigenvalue weighted by molar-refractivity contribution is 5.93. The molecule has 0 spiro atoms. The summed E-state index contributed by atoms with van der Waals surface area (Å²) in [7, 11) is 0. The Bertz CT molecular complexity index is 1030. The number of esters is 1. The molecular weight excluding hydrogens is 374 g/mol. The van der Waals surface area contributed by atoms with Crippen LogP contribution in [0.3, 0.4) is 0 Å². The molecule has 9 heteroatoms. The van der Waals surface area contributed by atoms with Crippen molar-refractivity contribution in [3.8, 4) is 0 Å². The fourth-order valence-corrected chi connectivity index (χ4v) is 2.93. The van der Waals surface area contributed by atoms with Crippen molar-refractivity contribution in [1.29, 1.82) is 0 Å². The number of hydrogen-bond donors (Lipinski definition) is 1. The van der Waals surface area contributed by atoms with E-state index in [1.165, 1.54) is 24.0 Å². The Balaban J connectivity index is 1.62. The van der Waals surface area contributed by atoms with Crippen LogP contribution in [0.5, 0.6) is 0 Å². The summed E-state index contributed by atoms with van der Waals surface area (Å²) in [6.45, 7) is 2.77. The van der Waals surface area contributed by atoms with E-state index in [4.69, 9.17) is 4.74 Å². The van der Waals surface area contributed by atoms with Crippen molar-refractivity contribution < 1.29 is 19.1 Å². The summed E-state index contributed by atoms with van der Waals surface area (Å²) in [6, 6.07) is 8.66. The quantitative estimate of drug-likeness (QED) is 0.569. The zero-order valence-electron chi connectivity index (χ0n) is 16.2. The van der Waals surface area contributed by atoms with E-state index in [-0.39, 0.29) is 11.3 Å². The third-order valence-corrected chi connectivity index (χ3v) is 4.40. The van der Waals surface area contributed by atoms with Crippen LogP contribution in [0.25, 0.3) is 5.78 Å². The number of carbonyl (C=O) groups excluding carboxylic acids is 3. The fourth-order valence-electron chi connectivity index (χ4n) is 2.93. The first-order chi connectivity index (χ1) is 14.0. The molecule has 1 unspecified atom stereocenters. The van der Waals surface area contributed by atoms with Crippen molar-refractivity contribution in [3.05, 3.63) is 59.7 Å². The molecular formula is C20H21N5O4. The van der Waals surface area contributed by atoms with Gasteiger partial charge in [-0.2, -0.15) is 10.1 Å². The molecule has 1 N–H and O–H groups in total. The van der Waals surface area contributed by atoms with Gasteiger partial charge in [-0.05, 0) is 25.3 Å². The highest BCUT2D eigenvalue weighted by Crippen LogP contribution is 2.11.